The predicted molar refractivity (Wildman–Crippen MR) is 123 cm³/mol. The predicted octanol–water partition coefficient (Wildman–Crippen LogP) is 8.06. The molecule has 31 heavy (non-hydrogen) atoms. The summed E-state index contributed by atoms with van der Waals surface area (Å²) in [5, 5.41) is 0. The van der Waals surface area contributed by atoms with Crippen molar-refractivity contribution < 1.29 is 13.5 Å². The zero-order valence-corrected chi connectivity index (χ0v) is 19.3. The van der Waals surface area contributed by atoms with Crippen LogP contribution in [0.25, 0.3) is 11.4 Å². The van der Waals surface area contributed by atoms with Crippen molar-refractivity contribution in [3.05, 3.63) is 41.7 Å². The molecule has 0 aliphatic carbocycles. The molecule has 172 valence electrons. The molecule has 0 amide bonds. The largest absolute Gasteiger partial charge is 0.490 e. The Bertz CT molecular complexity index is 750. The molecule has 0 radical (unpaired) electrons. The van der Waals surface area contributed by atoms with E-state index < -0.39 is 11.6 Å². The van der Waals surface area contributed by atoms with Crippen molar-refractivity contribution in [1.82, 2.24) is 9.97 Å². The number of hydrogen-bond acceptors (Lipinski definition) is 3. The summed E-state index contributed by atoms with van der Waals surface area (Å²) in [6, 6.07) is 2.96. The average Bonchev–Trinajstić information content (AvgIpc) is 2.79. The highest BCUT2D eigenvalue weighted by atomic mass is 19.2. The highest BCUT2D eigenvalue weighted by Crippen LogP contribution is 2.28. The third-order valence-electron chi connectivity index (χ3n) is 5.57. The molecular formula is C26H38F2N2O. The molecule has 0 saturated carbocycles. The summed E-state index contributed by atoms with van der Waals surface area (Å²) >= 11 is 0. The summed E-state index contributed by atoms with van der Waals surface area (Å²) in [5.74, 6) is -1.77. The van der Waals surface area contributed by atoms with Gasteiger partial charge < -0.3 is 4.74 Å². The lowest BCUT2D eigenvalue weighted by Crippen LogP contribution is -2.03. The monoisotopic (exact) mass is 432 g/mol. The fraction of sp³-hybridized carbons (Fsp3) is 0.615. The number of ether oxygens (including phenoxy) is 1. The minimum absolute atomic E-state index is 0.0488. The van der Waals surface area contributed by atoms with Gasteiger partial charge in [0.25, 0.3) is 0 Å². The van der Waals surface area contributed by atoms with Gasteiger partial charge in [-0.25, -0.2) is 14.4 Å². The summed E-state index contributed by atoms with van der Waals surface area (Å²) < 4.78 is 34.4. The second kappa shape index (κ2) is 14.9. The number of nitrogens with zero attached hydrogens (tertiary/aromatic N) is 2. The first-order chi connectivity index (χ1) is 15.2. The molecule has 1 aromatic heterocycles. The Labute approximate surface area is 186 Å². The van der Waals surface area contributed by atoms with E-state index >= 15 is 0 Å². The highest BCUT2D eigenvalue weighted by Gasteiger charge is 2.17. The molecule has 3 nitrogen and oxygen atoms in total. The quantitative estimate of drug-likeness (QED) is 0.252. The summed E-state index contributed by atoms with van der Waals surface area (Å²) in [6.45, 7) is 4.77. The number of rotatable bonds is 16. The molecule has 0 bridgehead atoms. The van der Waals surface area contributed by atoms with E-state index in [-0.39, 0.29) is 17.1 Å². The van der Waals surface area contributed by atoms with Gasteiger partial charge in [0, 0.05) is 12.4 Å². The summed E-state index contributed by atoms with van der Waals surface area (Å²) in [5.41, 5.74) is 1.09. The fourth-order valence-corrected chi connectivity index (χ4v) is 3.61. The van der Waals surface area contributed by atoms with Gasteiger partial charge in [-0.05, 0) is 37.0 Å². The van der Waals surface area contributed by atoms with Gasteiger partial charge in [-0.3, -0.25) is 0 Å². The molecule has 2 rings (SSSR count). The first-order valence-corrected chi connectivity index (χ1v) is 12.1. The van der Waals surface area contributed by atoms with Gasteiger partial charge in [-0.2, -0.15) is 4.39 Å². The minimum atomic E-state index is -0.971. The number of benzene rings is 1. The van der Waals surface area contributed by atoms with Crippen molar-refractivity contribution in [1.29, 1.82) is 0 Å². The molecule has 0 aliphatic rings. The van der Waals surface area contributed by atoms with E-state index in [0.29, 0.717) is 6.61 Å². The lowest BCUT2D eigenvalue weighted by Gasteiger charge is -2.10. The van der Waals surface area contributed by atoms with E-state index in [2.05, 4.69) is 23.8 Å². The van der Waals surface area contributed by atoms with Crippen LogP contribution >= 0.6 is 0 Å². The smallest absolute Gasteiger partial charge is 0.201 e. The molecule has 2 aromatic rings. The Kier molecular flexibility index (Phi) is 12.1. The number of aryl methyl sites for hydroxylation is 1. The van der Waals surface area contributed by atoms with Gasteiger partial charge in [0.2, 0.25) is 5.82 Å². The Morgan fingerprint density at radius 1 is 0.710 bits per heavy atom. The van der Waals surface area contributed by atoms with Crippen LogP contribution in [0.3, 0.4) is 0 Å². The van der Waals surface area contributed by atoms with E-state index in [0.717, 1.165) is 37.7 Å². The third-order valence-corrected chi connectivity index (χ3v) is 5.57. The van der Waals surface area contributed by atoms with Crippen molar-refractivity contribution in [2.24, 2.45) is 0 Å². The minimum Gasteiger partial charge on any atom is -0.490 e. The maximum atomic E-state index is 14.6. The standard InChI is InChI=1S/C26H38F2N2O/c1-3-5-7-9-10-11-13-15-21-19-29-26(30-20-21)22-16-17-23(25(28)24(22)27)31-18-14-12-8-6-4-2/h16-17,19-20H,3-15,18H2,1-2H3. The SMILES string of the molecule is CCCCCCCCCc1cnc(-c2ccc(OCCCCCCC)c(F)c2F)nc1. The van der Waals surface area contributed by atoms with E-state index in [1.54, 1.807) is 12.4 Å². The molecule has 0 spiro atoms. The Morgan fingerprint density at radius 3 is 1.94 bits per heavy atom. The molecule has 0 unspecified atom stereocenters. The lowest BCUT2D eigenvalue weighted by molar-refractivity contribution is 0.285. The molecule has 1 heterocycles. The number of hydrogen-bond donors (Lipinski definition) is 0. The van der Waals surface area contributed by atoms with Crippen molar-refractivity contribution in [2.45, 2.75) is 97.3 Å². The number of halogens is 2. The molecule has 0 saturated heterocycles. The van der Waals surface area contributed by atoms with Gasteiger partial charge in [-0.1, -0.05) is 78.1 Å². The molecule has 0 fully saturated rings. The zero-order chi connectivity index (χ0) is 22.3. The summed E-state index contributed by atoms with van der Waals surface area (Å²) in [7, 11) is 0. The van der Waals surface area contributed by atoms with Crippen molar-refractivity contribution in [3.8, 4) is 17.1 Å². The summed E-state index contributed by atoms with van der Waals surface area (Å²) in [6.07, 6.45) is 18.5. The van der Waals surface area contributed by atoms with Gasteiger partial charge >= 0.3 is 0 Å². The van der Waals surface area contributed by atoms with Crippen LogP contribution in [-0.4, -0.2) is 16.6 Å². The summed E-state index contributed by atoms with van der Waals surface area (Å²) in [4.78, 5) is 8.53. The normalized spacial score (nSPS) is 11.1. The molecule has 0 aliphatic heterocycles. The second-order valence-electron chi connectivity index (χ2n) is 8.29. The molecule has 1 aromatic carbocycles. The van der Waals surface area contributed by atoms with Gasteiger partial charge in [0.05, 0.1) is 12.2 Å². The van der Waals surface area contributed by atoms with E-state index in [4.69, 9.17) is 4.74 Å². The average molecular weight is 433 g/mol. The third kappa shape index (κ3) is 8.92. The second-order valence-corrected chi connectivity index (χ2v) is 8.29. The van der Waals surface area contributed by atoms with Gasteiger partial charge in [0.1, 0.15) is 0 Å². The van der Waals surface area contributed by atoms with Crippen molar-refractivity contribution in [2.75, 3.05) is 6.61 Å². The van der Waals surface area contributed by atoms with Crippen LogP contribution in [-0.2, 0) is 6.42 Å². The van der Waals surface area contributed by atoms with Crippen LogP contribution in [0.1, 0.15) is 96.5 Å². The van der Waals surface area contributed by atoms with E-state index in [1.165, 1.54) is 63.5 Å². The van der Waals surface area contributed by atoms with E-state index in [1.807, 2.05) is 0 Å². The van der Waals surface area contributed by atoms with Crippen LogP contribution in [0.4, 0.5) is 8.78 Å². The van der Waals surface area contributed by atoms with Crippen LogP contribution in [0, 0.1) is 11.6 Å². The topological polar surface area (TPSA) is 35.0 Å². The molecular weight excluding hydrogens is 394 g/mol. The zero-order valence-electron chi connectivity index (χ0n) is 19.3. The van der Waals surface area contributed by atoms with Crippen molar-refractivity contribution >= 4 is 0 Å². The molecule has 0 N–H and O–H groups in total. The first kappa shape index (κ1) is 25.2. The fourth-order valence-electron chi connectivity index (χ4n) is 3.61. The molecule has 0 atom stereocenters. The van der Waals surface area contributed by atoms with Crippen LogP contribution in [0.5, 0.6) is 5.75 Å². The Morgan fingerprint density at radius 2 is 1.29 bits per heavy atom. The van der Waals surface area contributed by atoms with Crippen molar-refractivity contribution in [3.63, 3.8) is 0 Å². The first-order valence-electron chi connectivity index (χ1n) is 12.1. The Hall–Kier alpha value is -2.04. The number of unbranched alkanes of at least 4 members (excludes halogenated alkanes) is 10. The lowest BCUT2D eigenvalue weighted by atomic mass is 10.1. The molecule has 5 heteroatoms. The highest BCUT2D eigenvalue weighted by molar-refractivity contribution is 5.57. The Balaban J connectivity index is 1.83. The van der Waals surface area contributed by atoms with Crippen LogP contribution in [0.2, 0.25) is 0 Å². The number of aromatic nitrogens is 2. The maximum Gasteiger partial charge on any atom is 0.201 e. The van der Waals surface area contributed by atoms with Gasteiger partial charge in [-0.15, -0.1) is 0 Å². The maximum absolute atomic E-state index is 14.6. The van der Waals surface area contributed by atoms with Crippen LogP contribution in [0.15, 0.2) is 24.5 Å². The van der Waals surface area contributed by atoms with Crippen LogP contribution < -0.4 is 4.74 Å². The van der Waals surface area contributed by atoms with E-state index in [9.17, 15) is 8.78 Å². The van der Waals surface area contributed by atoms with Gasteiger partial charge in [0.15, 0.2) is 17.4 Å².